The van der Waals surface area contributed by atoms with Crippen LogP contribution in [0.3, 0.4) is 0 Å². The third-order valence-corrected chi connectivity index (χ3v) is 4.51. The summed E-state index contributed by atoms with van der Waals surface area (Å²) in [6, 6.07) is 12.5. The fourth-order valence-corrected chi connectivity index (χ4v) is 2.97. The third kappa shape index (κ3) is 3.94. The van der Waals surface area contributed by atoms with Gasteiger partial charge in [-0.05, 0) is 49.2 Å². The second-order valence-corrected chi connectivity index (χ2v) is 6.52. The van der Waals surface area contributed by atoms with E-state index in [1.54, 1.807) is 37.4 Å². The molecule has 0 saturated heterocycles. The third-order valence-electron chi connectivity index (χ3n) is 4.28. The first-order valence-corrected chi connectivity index (χ1v) is 8.38. The maximum atomic E-state index is 12.4. The first-order chi connectivity index (χ1) is 12.0. The number of aryl methyl sites for hydroxylation is 1. The smallest absolute Gasteiger partial charge is 0.228 e. The average Bonchev–Trinajstić information content (AvgIpc) is 3.39. The topological polar surface area (TPSA) is 67.4 Å². The average molecular weight is 359 g/mol. The van der Waals surface area contributed by atoms with Crippen molar-refractivity contribution in [2.75, 3.05) is 17.7 Å². The second-order valence-electron chi connectivity index (χ2n) is 6.09. The van der Waals surface area contributed by atoms with E-state index in [0.29, 0.717) is 28.6 Å². The minimum atomic E-state index is -0.322. The highest BCUT2D eigenvalue weighted by atomic mass is 35.5. The predicted octanol–water partition coefficient (Wildman–Crippen LogP) is 3.87. The number of amides is 2. The molecule has 2 unspecified atom stereocenters. The van der Waals surface area contributed by atoms with Gasteiger partial charge in [0.1, 0.15) is 5.75 Å². The zero-order valence-electron chi connectivity index (χ0n) is 14.0. The molecule has 0 spiro atoms. The molecule has 1 aliphatic carbocycles. The van der Waals surface area contributed by atoms with E-state index < -0.39 is 0 Å². The Labute approximate surface area is 151 Å². The van der Waals surface area contributed by atoms with Crippen molar-refractivity contribution in [3.63, 3.8) is 0 Å². The molecule has 0 aromatic heterocycles. The second kappa shape index (κ2) is 7.15. The van der Waals surface area contributed by atoms with Crippen LogP contribution in [0.2, 0.25) is 5.02 Å². The largest absolute Gasteiger partial charge is 0.495 e. The quantitative estimate of drug-likeness (QED) is 0.852. The number of nitrogens with one attached hydrogen (secondary N) is 2. The molecule has 2 atom stereocenters. The van der Waals surface area contributed by atoms with Crippen LogP contribution in [0, 0.1) is 18.8 Å². The van der Waals surface area contributed by atoms with Crippen LogP contribution in [0.1, 0.15) is 12.0 Å². The van der Waals surface area contributed by atoms with Crippen molar-refractivity contribution in [3.05, 3.63) is 53.1 Å². The molecule has 1 saturated carbocycles. The van der Waals surface area contributed by atoms with Crippen LogP contribution in [0.25, 0.3) is 0 Å². The van der Waals surface area contributed by atoms with Crippen LogP contribution >= 0.6 is 11.6 Å². The Balaban J connectivity index is 1.60. The van der Waals surface area contributed by atoms with Crippen molar-refractivity contribution >= 4 is 34.8 Å². The standard InChI is InChI=1S/C19H19ClN2O3/c1-11-9-12(20)7-8-15(11)21-18(23)13-10-14(13)19(24)22-16-5-3-4-6-17(16)25-2/h3-9,13-14H,10H2,1-2H3,(H,21,23)(H,22,24). The summed E-state index contributed by atoms with van der Waals surface area (Å²) in [6.45, 7) is 1.88. The lowest BCUT2D eigenvalue weighted by molar-refractivity contribution is -0.122. The van der Waals surface area contributed by atoms with Gasteiger partial charge in [-0.2, -0.15) is 0 Å². The van der Waals surface area contributed by atoms with Crippen LogP contribution < -0.4 is 15.4 Å². The normalized spacial score (nSPS) is 18.4. The molecule has 130 valence electrons. The lowest BCUT2D eigenvalue weighted by Gasteiger charge is -2.10. The Morgan fingerprint density at radius 1 is 1.04 bits per heavy atom. The molecule has 2 N–H and O–H groups in total. The number of hydrogen-bond donors (Lipinski definition) is 2. The predicted molar refractivity (Wildman–Crippen MR) is 98.0 cm³/mol. The summed E-state index contributed by atoms with van der Waals surface area (Å²) in [5, 5.41) is 6.32. The summed E-state index contributed by atoms with van der Waals surface area (Å²) in [7, 11) is 1.55. The summed E-state index contributed by atoms with van der Waals surface area (Å²) >= 11 is 5.92. The number of ether oxygens (including phenoxy) is 1. The van der Waals surface area contributed by atoms with E-state index in [4.69, 9.17) is 16.3 Å². The Morgan fingerprint density at radius 2 is 1.68 bits per heavy atom. The summed E-state index contributed by atoms with van der Waals surface area (Å²) in [5.74, 6) is -0.361. The van der Waals surface area contributed by atoms with Gasteiger partial charge in [-0.3, -0.25) is 9.59 Å². The van der Waals surface area contributed by atoms with Gasteiger partial charge in [0, 0.05) is 10.7 Å². The number of halogens is 1. The maximum Gasteiger partial charge on any atom is 0.228 e. The SMILES string of the molecule is COc1ccccc1NC(=O)C1CC1C(=O)Nc1ccc(Cl)cc1C. The number of carbonyl (C=O) groups excluding carboxylic acids is 2. The van der Waals surface area contributed by atoms with E-state index >= 15 is 0 Å². The van der Waals surface area contributed by atoms with Gasteiger partial charge in [-0.25, -0.2) is 0 Å². The van der Waals surface area contributed by atoms with Crippen molar-refractivity contribution in [1.29, 1.82) is 0 Å². The first kappa shape index (κ1) is 17.3. The molecule has 25 heavy (non-hydrogen) atoms. The molecule has 0 heterocycles. The Bertz CT molecular complexity index is 822. The molecule has 0 radical (unpaired) electrons. The maximum absolute atomic E-state index is 12.4. The summed E-state index contributed by atoms with van der Waals surface area (Å²) in [4.78, 5) is 24.7. The highest BCUT2D eigenvalue weighted by molar-refractivity contribution is 6.30. The minimum Gasteiger partial charge on any atom is -0.495 e. The Kier molecular flexibility index (Phi) is 4.95. The zero-order chi connectivity index (χ0) is 18.0. The number of benzene rings is 2. The van der Waals surface area contributed by atoms with E-state index in [0.717, 1.165) is 5.56 Å². The highest BCUT2D eigenvalue weighted by Crippen LogP contribution is 2.41. The van der Waals surface area contributed by atoms with Gasteiger partial charge in [0.25, 0.3) is 0 Å². The number of rotatable bonds is 5. The lowest BCUT2D eigenvalue weighted by atomic mass is 10.2. The molecule has 2 aromatic carbocycles. The molecular weight excluding hydrogens is 340 g/mol. The van der Waals surface area contributed by atoms with Crippen LogP contribution in [-0.4, -0.2) is 18.9 Å². The van der Waals surface area contributed by atoms with E-state index in [2.05, 4.69) is 10.6 Å². The molecule has 2 amide bonds. The number of para-hydroxylation sites is 2. The van der Waals surface area contributed by atoms with Gasteiger partial charge in [-0.15, -0.1) is 0 Å². The molecular formula is C19H19ClN2O3. The molecule has 0 aliphatic heterocycles. The van der Waals surface area contributed by atoms with Gasteiger partial charge < -0.3 is 15.4 Å². The van der Waals surface area contributed by atoms with Gasteiger partial charge in [0.05, 0.1) is 24.6 Å². The van der Waals surface area contributed by atoms with Gasteiger partial charge in [-0.1, -0.05) is 23.7 Å². The number of carbonyl (C=O) groups is 2. The van der Waals surface area contributed by atoms with Gasteiger partial charge in [0.2, 0.25) is 11.8 Å². The van der Waals surface area contributed by atoms with Crippen molar-refractivity contribution in [3.8, 4) is 5.75 Å². The van der Waals surface area contributed by atoms with Crippen LogP contribution in [0.5, 0.6) is 5.75 Å². The van der Waals surface area contributed by atoms with Crippen LogP contribution in [0.4, 0.5) is 11.4 Å². The molecule has 0 bridgehead atoms. The Hall–Kier alpha value is -2.53. The van der Waals surface area contributed by atoms with Gasteiger partial charge >= 0.3 is 0 Å². The highest BCUT2D eigenvalue weighted by Gasteiger charge is 2.48. The molecule has 1 fully saturated rings. The molecule has 6 heteroatoms. The summed E-state index contributed by atoms with van der Waals surface area (Å²) in [5.41, 5.74) is 2.20. The lowest BCUT2D eigenvalue weighted by Crippen LogP contribution is -2.21. The van der Waals surface area contributed by atoms with Crippen molar-refractivity contribution < 1.29 is 14.3 Å². The van der Waals surface area contributed by atoms with Crippen molar-refractivity contribution in [1.82, 2.24) is 0 Å². The fourth-order valence-electron chi connectivity index (χ4n) is 2.74. The van der Waals surface area contributed by atoms with E-state index in [1.165, 1.54) is 0 Å². The van der Waals surface area contributed by atoms with E-state index in [9.17, 15) is 9.59 Å². The number of anilines is 2. The molecule has 2 aromatic rings. The number of hydrogen-bond acceptors (Lipinski definition) is 3. The number of methoxy groups -OCH3 is 1. The zero-order valence-corrected chi connectivity index (χ0v) is 14.8. The van der Waals surface area contributed by atoms with Crippen molar-refractivity contribution in [2.24, 2.45) is 11.8 Å². The molecule has 3 rings (SSSR count). The van der Waals surface area contributed by atoms with Gasteiger partial charge in [0.15, 0.2) is 0 Å². The van der Waals surface area contributed by atoms with Crippen LogP contribution in [-0.2, 0) is 9.59 Å². The van der Waals surface area contributed by atoms with Crippen LogP contribution in [0.15, 0.2) is 42.5 Å². The first-order valence-electron chi connectivity index (χ1n) is 8.00. The fraction of sp³-hybridized carbons (Fsp3) is 0.263. The van der Waals surface area contributed by atoms with E-state index in [-0.39, 0.29) is 23.7 Å². The molecule has 1 aliphatic rings. The molecule has 5 nitrogen and oxygen atoms in total. The summed E-state index contributed by atoms with van der Waals surface area (Å²) in [6.07, 6.45) is 0.541. The van der Waals surface area contributed by atoms with E-state index in [1.807, 2.05) is 19.1 Å². The Morgan fingerprint density at radius 3 is 2.32 bits per heavy atom. The minimum absolute atomic E-state index is 0.148. The summed E-state index contributed by atoms with van der Waals surface area (Å²) < 4.78 is 5.22. The monoisotopic (exact) mass is 358 g/mol. The van der Waals surface area contributed by atoms with Crippen molar-refractivity contribution in [2.45, 2.75) is 13.3 Å².